The van der Waals surface area contributed by atoms with E-state index in [1.165, 1.54) is 5.01 Å². The average Bonchev–Trinajstić information content (AvgIpc) is 3.34. The Kier molecular flexibility index (Phi) is 7.51. The van der Waals surface area contributed by atoms with Gasteiger partial charge in [-0.05, 0) is 37.7 Å². The van der Waals surface area contributed by atoms with E-state index in [0.29, 0.717) is 28.5 Å². The zero-order valence-electron chi connectivity index (χ0n) is 22.2. The Labute approximate surface area is 217 Å². The zero-order valence-corrected chi connectivity index (χ0v) is 22.2. The minimum Gasteiger partial charge on any atom is -0.397 e. The van der Waals surface area contributed by atoms with Crippen molar-refractivity contribution < 1.29 is 9.32 Å². The molecule has 0 atom stereocenters. The van der Waals surface area contributed by atoms with Gasteiger partial charge in [0, 0.05) is 61.2 Å². The van der Waals surface area contributed by atoms with Crippen LogP contribution in [-0.2, 0) is 5.41 Å². The van der Waals surface area contributed by atoms with Gasteiger partial charge in [0.25, 0.3) is 5.91 Å². The number of amides is 1. The molecule has 37 heavy (non-hydrogen) atoms. The Hall–Kier alpha value is -3.89. The number of rotatable bonds is 6. The van der Waals surface area contributed by atoms with E-state index in [-0.39, 0.29) is 11.3 Å². The standard InChI is InChI=1S/C27H36N8O2/c1-18-6-7-19(26(36)31-25-14-24(37-32-25)27(2,3)4)13-23(18)35(29)17-22(28)20-12-21(16-30-15-20)34-10-8-33(5)9-11-34/h6-7,12-17H,8-11,28-29H2,1-5H3,(H,31,32,36)/b22-17-. The highest BCUT2D eigenvalue weighted by molar-refractivity contribution is 6.04. The predicted octanol–water partition coefficient (Wildman–Crippen LogP) is 3.32. The summed E-state index contributed by atoms with van der Waals surface area (Å²) in [5, 5.41) is 8.17. The first kappa shape index (κ1) is 26.2. The lowest BCUT2D eigenvalue weighted by Crippen LogP contribution is -2.44. The second-order valence-corrected chi connectivity index (χ2v) is 10.5. The lowest BCUT2D eigenvalue weighted by atomic mass is 9.93. The van der Waals surface area contributed by atoms with Crippen molar-refractivity contribution in [2.75, 3.05) is 48.5 Å². The molecular formula is C27H36N8O2. The van der Waals surface area contributed by atoms with Crippen molar-refractivity contribution in [3.63, 3.8) is 0 Å². The molecule has 4 rings (SSSR count). The van der Waals surface area contributed by atoms with Gasteiger partial charge in [-0.15, -0.1) is 0 Å². The van der Waals surface area contributed by atoms with Crippen molar-refractivity contribution in [1.29, 1.82) is 0 Å². The van der Waals surface area contributed by atoms with Gasteiger partial charge < -0.3 is 25.4 Å². The fraction of sp³-hybridized carbons (Fsp3) is 0.370. The van der Waals surface area contributed by atoms with Crippen LogP contribution in [0.3, 0.4) is 0 Å². The highest BCUT2D eigenvalue weighted by Gasteiger charge is 2.21. The second kappa shape index (κ2) is 10.6. The van der Waals surface area contributed by atoms with Crippen LogP contribution >= 0.6 is 0 Å². The number of benzene rings is 1. The summed E-state index contributed by atoms with van der Waals surface area (Å²) < 4.78 is 5.36. The number of carbonyl (C=O) groups excluding carboxylic acids is 1. The van der Waals surface area contributed by atoms with Gasteiger partial charge in [0.05, 0.1) is 23.3 Å². The summed E-state index contributed by atoms with van der Waals surface area (Å²) in [6.07, 6.45) is 5.22. The number of nitrogens with two attached hydrogens (primary N) is 2. The molecule has 0 unspecified atom stereocenters. The summed E-state index contributed by atoms with van der Waals surface area (Å²) in [4.78, 5) is 21.9. The maximum absolute atomic E-state index is 12.9. The number of nitrogens with one attached hydrogen (secondary N) is 1. The van der Waals surface area contributed by atoms with Gasteiger partial charge in [-0.25, -0.2) is 5.84 Å². The molecule has 1 saturated heterocycles. The SMILES string of the molecule is Cc1ccc(C(=O)Nc2cc(C(C)(C)C)on2)cc1N(N)/C=C(\N)c1cncc(N2CCN(C)CC2)c1. The van der Waals surface area contributed by atoms with Crippen molar-refractivity contribution in [1.82, 2.24) is 15.0 Å². The Morgan fingerprint density at radius 2 is 1.84 bits per heavy atom. The van der Waals surface area contributed by atoms with Crippen LogP contribution in [0.15, 0.2) is 53.4 Å². The van der Waals surface area contributed by atoms with E-state index in [1.807, 2.05) is 46.0 Å². The molecule has 2 aromatic heterocycles. The number of pyridine rings is 1. The van der Waals surface area contributed by atoms with E-state index in [1.54, 1.807) is 30.6 Å². The Bertz CT molecular complexity index is 1290. The summed E-state index contributed by atoms with van der Waals surface area (Å²) >= 11 is 0. The molecule has 1 aliphatic rings. The van der Waals surface area contributed by atoms with Crippen molar-refractivity contribution in [2.45, 2.75) is 33.1 Å². The molecule has 0 saturated carbocycles. The average molecular weight is 505 g/mol. The second-order valence-electron chi connectivity index (χ2n) is 10.5. The third-order valence-electron chi connectivity index (χ3n) is 6.44. The maximum atomic E-state index is 12.9. The van der Waals surface area contributed by atoms with Crippen LogP contribution in [0.4, 0.5) is 17.2 Å². The number of likely N-dealkylation sites (N-methyl/N-ethyl adjacent to an activating group) is 1. The largest absolute Gasteiger partial charge is 0.397 e. The van der Waals surface area contributed by atoms with Crippen LogP contribution in [0.25, 0.3) is 5.70 Å². The number of anilines is 3. The number of aryl methyl sites for hydroxylation is 1. The minimum atomic E-state index is -0.315. The molecule has 0 spiro atoms. The first-order chi connectivity index (χ1) is 17.5. The number of hydrogen-bond acceptors (Lipinski definition) is 9. The van der Waals surface area contributed by atoms with Crippen molar-refractivity contribution in [3.8, 4) is 0 Å². The van der Waals surface area contributed by atoms with Crippen molar-refractivity contribution >= 4 is 28.8 Å². The molecule has 10 heteroatoms. The highest BCUT2D eigenvalue weighted by Crippen LogP contribution is 2.26. The molecule has 0 bridgehead atoms. The molecule has 1 aromatic carbocycles. The summed E-state index contributed by atoms with van der Waals surface area (Å²) in [7, 11) is 2.13. The topological polar surface area (TPSA) is 130 Å². The summed E-state index contributed by atoms with van der Waals surface area (Å²) in [6.45, 7) is 11.8. The normalized spacial score (nSPS) is 15.1. The summed E-state index contributed by atoms with van der Waals surface area (Å²) in [6, 6.07) is 9.06. The van der Waals surface area contributed by atoms with Gasteiger partial charge >= 0.3 is 0 Å². The lowest BCUT2D eigenvalue weighted by Gasteiger charge is -2.34. The highest BCUT2D eigenvalue weighted by atomic mass is 16.5. The van der Waals surface area contributed by atoms with E-state index in [4.69, 9.17) is 16.1 Å². The Balaban J connectivity index is 1.50. The lowest BCUT2D eigenvalue weighted by molar-refractivity contribution is 0.102. The Morgan fingerprint density at radius 1 is 1.11 bits per heavy atom. The number of nitrogens with zero attached hydrogens (tertiary/aromatic N) is 5. The molecule has 3 heterocycles. The number of piperazine rings is 1. The fourth-order valence-electron chi connectivity index (χ4n) is 4.02. The van der Waals surface area contributed by atoms with E-state index in [0.717, 1.165) is 43.0 Å². The van der Waals surface area contributed by atoms with E-state index in [2.05, 4.69) is 32.3 Å². The van der Waals surface area contributed by atoms with Crippen LogP contribution in [0.2, 0.25) is 0 Å². The van der Waals surface area contributed by atoms with Crippen molar-refractivity contribution in [2.24, 2.45) is 11.6 Å². The van der Waals surface area contributed by atoms with Crippen LogP contribution in [0, 0.1) is 6.92 Å². The van der Waals surface area contributed by atoms with Gasteiger partial charge in [0.2, 0.25) is 0 Å². The Morgan fingerprint density at radius 3 is 2.51 bits per heavy atom. The number of aromatic nitrogens is 2. The molecular weight excluding hydrogens is 468 g/mol. The molecule has 3 aromatic rings. The smallest absolute Gasteiger partial charge is 0.256 e. The van der Waals surface area contributed by atoms with Crippen molar-refractivity contribution in [3.05, 3.63) is 71.4 Å². The number of hydrogen-bond donors (Lipinski definition) is 3. The minimum absolute atomic E-state index is 0.209. The fourth-order valence-corrected chi connectivity index (χ4v) is 4.02. The van der Waals surface area contributed by atoms with Gasteiger partial charge in [0.1, 0.15) is 5.76 Å². The maximum Gasteiger partial charge on any atom is 0.256 e. The van der Waals surface area contributed by atoms with E-state index in [9.17, 15) is 4.79 Å². The molecule has 10 nitrogen and oxygen atoms in total. The predicted molar refractivity (Wildman–Crippen MR) is 147 cm³/mol. The molecule has 5 N–H and O–H groups in total. The van der Waals surface area contributed by atoms with E-state index < -0.39 is 0 Å². The van der Waals surface area contributed by atoms with E-state index >= 15 is 0 Å². The zero-order chi connectivity index (χ0) is 26.7. The number of hydrazine groups is 1. The molecule has 1 amide bonds. The van der Waals surface area contributed by atoms with Crippen LogP contribution in [0.1, 0.15) is 48.0 Å². The van der Waals surface area contributed by atoms with Gasteiger partial charge in [-0.3, -0.25) is 14.8 Å². The molecule has 0 aliphatic carbocycles. The monoisotopic (exact) mass is 504 g/mol. The first-order valence-corrected chi connectivity index (χ1v) is 12.3. The summed E-state index contributed by atoms with van der Waals surface area (Å²) in [5.74, 6) is 7.12. The van der Waals surface area contributed by atoms with Gasteiger partial charge in [-0.2, -0.15) is 0 Å². The summed E-state index contributed by atoms with van der Waals surface area (Å²) in [5.41, 5.74) is 10.5. The third kappa shape index (κ3) is 6.28. The van der Waals surface area contributed by atoms with Crippen LogP contribution in [-0.4, -0.2) is 54.2 Å². The molecule has 196 valence electrons. The van der Waals surface area contributed by atoms with Gasteiger partial charge in [-0.1, -0.05) is 32.0 Å². The third-order valence-corrected chi connectivity index (χ3v) is 6.44. The van der Waals surface area contributed by atoms with Crippen LogP contribution in [0.5, 0.6) is 0 Å². The quantitative estimate of drug-likeness (QED) is 0.342. The van der Waals surface area contributed by atoms with Crippen LogP contribution < -0.4 is 26.8 Å². The number of carbonyl (C=O) groups is 1. The molecule has 0 radical (unpaired) electrons. The first-order valence-electron chi connectivity index (χ1n) is 12.3. The van der Waals surface area contributed by atoms with Gasteiger partial charge in [0.15, 0.2) is 5.82 Å². The molecule has 1 aliphatic heterocycles. The molecule has 1 fully saturated rings.